The van der Waals surface area contributed by atoms with Crippen molar-refractivity contribution in [1.82, 2.24) is 5.32 Å². The van der Waals surface area contributed by atoms with Crippen LogP contribution in [0.1, 0.15) is 34.1 Å². The minimum atomic E-state index is -0.284. The van der Waals surface area contributed by atoms with E-state index < -0.39 is 0 Å². The van der Waals surface area contributed by atoms with E-state index in [1.165, 1.54) is 0 Å². The largest absolute Gasteiger partial charge is 0.493 e. The summed E-state index contributed by atoms with van der Waals surface area (Å²) in [4.78, 5) is 24.7. The van der Waals surface area contributed by atoms with Crippen LogP contribution in [0.3, 0.4) is 0 Å². The van der Waals surface area contributed by atoms with E-state index in [2.05, 4.69) is 10.6 Å². The lowest BCUT2D eigenvalue weighted by Crippen LogP contribution is -2.27. The van der Waals surface area contributed by atoms with Crippen molar-refractivity contribution in [3.63, 3.8) is 0 Å². The number of para-hydroxylation sites is 1. The molecule has 0 aliphatic heterocycles. The number of carbonyl (C=O) groups excluding carboxylic acids is 2. The summed E-state index contributed by atoms with van der Waals surface area (Å²) in [5.41, 5.74) is 1.46. The highest BCUT2D eigenvalue weighted by Crippen LogP contribution is 2.20. The minimum Gasteiger partial charge on any atom is -0.493 e. The van der Waals surface area contributed by atoms with Gasteiger partial charge in [0.1, 0.15) is 5.75 Å². The number of hydrogen-bond acceptors (Lipinski definition) is 4. The molecule has 2 aromatic rings. The third-order valence-corrected chi connectivity index (χ3v) is 3.57. The molecular weight excluding hydrogens is 332 g/mol. The summed E-state index contributed by atoms with van der Waals surface area (Å²) >= 11 is 0. The van der Waals surface area contributed by atoms with Crippen LogP contribution in [0.5, 0.6) is 5.75 Å². The molecule has 2 aromatic carbocycles. The zero-order valence-electron chi connectivity index (χ0n) is 15.1. The quantitative estimate of drug-likeness (QED) is 0.677. The summed E-state index contributed by atoms with van der Waals surface area (Å²) in [7, 11) is 1.57. The highest BCUT2D eigenvalue weighted by molar-refractivity contribution is 6.06. The van der Waals surface area contributed by atoms with Gasteiger partial charge in [-0.3, -0.25) is 9.59 Å². The first-order valence-corrected chi connectivity index (χ1v) is 8.56. The molecule has 0 aliphatic rings. The van der Waals surface area contributed by atoms with Crippen LogP contribution in [-0.4, -0.2) is 38.7 Å². The summed E-state index contributed by atoms with van der Waals surface area (Å²) < 4.78 is 10.5. The lowest BCUT2D eigenvalue weighted by molar-refractivity contribution is 0.0936. The van der Waals surface area contributed by atoms with E-state index in [1.807, 2.05) is 13.0 Å². The van der Waals surface area contributed by atoms with Crippen molar-refractivity contribution >= 4 is 17.5 Å². The van der Waals surface area contributed by atoms with Gasteiger partial charge in [0.15, 0.2) is 0 Å². The first-order chi connectivity index (χ1) is 12.7. The number of carbonyl (C=O) groups is 2. The number of anilines is 1. The van der Waals surface area contributed by atoms with Crippen molar-refractivity contribution in [3.05, 3.63) is 59.7 Å². The molecule has 138 valence electrons. The Morgan fingerprint density at radius 2 is 1.81 bits per heavy atom. The first kappa shape index (κ1) is 19.5. The number of hydrogen-bond donors (Lipinski definition) is 2. The maximum Gasteiger partial charge on any atom is 0.259 e. The average Bonchev–Trinajstić information content (AvgIpc) is 2.67. The minimum absolute atomic E-state index is 0.218. The number of ether oxygens (including phenoxy) is 2. The van der Waals surface area contributed by atoms with Crippen LogP contribution >= 0.6 is 0 Å². The van der Waals surface area contributed by atoms with Gasteiger partial charge >= 0.3 is 0 Å². The SMILES string of the molecule is CCCOc1ccccc1C(=O)Nc1cccc(C(=O)NCCOC)c1. The number of methoxy groups -OCH3 is 1. The molecule has 0 heterocycles. The van der Waals surface area contributed by atoms with Crippen molar-refractivity contribution in [3.8, 4) is 5.75 Å². The van der Waals surface area contributed by atoms with E-state index in [9.17, 15) is 9.59 Å². The maximum atomic E-state index is 12.6. The fraction of sp³-hybridized carbons (Fsp3) is 0.300. The van der Waals surface area contributed by atoms with E-state index in [4.69, 9.17) is 9.47 Å². The van der Waals surface area contributed by atoms with Gasteiger partial charge < -0.3 is 20.1 Å². The normalized spacial score (nSPS) is 10.2. The highest BCUT2D eigenvalue weighted by atomic mass is 16.5. The Bertz CT molecular complexity index is 746. The third-order valence-electron chi connectivity index (χ3n) is 3.57. The van der Waals surface area contributed by atoms with Crippen LogP contribution in [0.25, 0.3) is 0 Å². The number of amides is 2. The molecule has 6 nitrogen and oxygen atoms in total. The van der Waals surface area contributed by atoms with E-state index in [0.717, 1.165) is 6.42 Å². The van der Waals surface area contributed by atoms with Crippen molar-refractivity contribution in [1.29, 1.82) is 0 Å². The number of benzene rings is 2. The van der Waals surface area contributed by atoms with Crippen molar-refractivity contribution < 1.29 is 19.1 Å². The standard InChI is InChI=1S/C20H24N2O4/c1-3-12-26-18-10-5-4-9-17(18)20(24)22-16-8-6-7-15(14-16)19(23)21-11-13-25-2/h4-10,14H,3,11-13H2,1-2H3,(H,21,23)(H,22,24). The molecule has 0 bridgehead atoms. The van der Waals surface area contributed by atoms with Gasteiger partial charge in [-0.2, -0.15) is 0 Å². The number of rotatable bonds is 9. The summed E-state index contributed by atoms with van der Waals surface area (Å²) in [5, 5.41) is 5.56. The van der Waals surface area contributed by atoms with Crippen molar-refractivity contribution in [2.75, 3.05) is 32.2 Å². The van der Waals surface area contributed by atoms with Crippen LogP contribution in [0.2, 0.25) is 0 Å². The van der Waals surface area contributed by atoms with Crippen LogP contribution < -0.4 is 15.4 Å². The van der Waals surface area contributed by atoms with E-state index in [1.54, 1.807) is 49.6 Å². The molecule has 0 aliphatic carbocycles. The lowest BCUT2D eigenvalue weighted by Gasteiger charge is -2.12. The van der Waals surface area contributed by atoms with Crippen LogP contribution in [0, 0.1) is 0 Å². The second-order valence-electron chi connectivity index (χ2n) is 5.63. The smallest absolute Gasteiger partial charge is 0.259 e. The van der Waals surface area contributed by atoms with Gasteiger partial charge in [-0.15, -0.1) is 0 Å². The molecule has 0 fully saturated rings. The average molecular weight is 356 g/mol. The molecule has 2 N–H and O–H groups in total. The van der Waals surface area contributed by atoms with Crippen molar-refractivity contribution in [2.45, 2.75) is 13.3 Å². The molecule has 0 radical (unpaired) electrons. The molecule has 2 rings (SSSR count). The van der Waals surface area contributed by atoms with E-state index >= 15 is 0 Å². The summed E-state index contributed by atoms with van der Waals surface area (Å²) in [6.07, 6.45) is 0.857. The summed E-state index contributed by atoms with van der Waals surface area (Å²) in [6, 6.07) is 13.9. The van der Waals surface area contributed by atoms with Crippen LogP contribution in [0.4, 0.5) is 5.69 Å². The predicted molar refractivity (Wildman–Crippen MR) is 101 cm³/mol. The fourth-order valence-electron chi connectivity index (χ4n) is 2.30. The Morgan fingerprint density at radius 1 is 1.00 bits per heavy atom. The zero-order valence-corrected chi connectivity index (χ0v) is 15.1. The van der Waals surface area contributed by atoms with Gasteiger partial charge in [0.05, 0.1) is 18.8 Å². The molecule has 0 spiro atoms. The highest BCUT2D eigenvalue weighted by Gasteiger charge is 2.13. The fourth-order valence-corrected chi connectivity index (χ4v) is 2.30. The van der Waals surface area contributed by atoms with Gasteiger partial charge in [0.2, 0.25) is 0 Å². The molecular formula is C20H24N2O4. The Kier molecular flexibility index (Phi) is 7.64. The number of nitrogens with one attached hydrogen (secondary N) is 2. The summed E-state index contributed by atoms with van der Waals surface area (Å²) in [6.45, 7) is 3.41. The van der Waals surface area contributed by atoms with Gasteiger partial charge in [0.25, 0.3) is 11.8 Å². The molecule has 0 unspecified atom stereocenters. The molecule has 6 heteroatoms. The monoisotopic (exact) mass is 356 g/mol. The second kappa shape index (κ2) is 10.2. The van der Waals surface area contributed by atoms with Gasteiger partial charge in [0, 0.05) is 24.9 Å². The van der Waals surface area contributed by atoms with Gasteiger partial charge in [-0.1, -0.05) is 25.1 Å². The lowest BCUT2D eigenvalue weighted by atomic mass is 10.1. The first-order valence-electron chi connectivity index (χ1n) is 8.56. The Morgan fingerprint density at radius 3 is 2.58 bits per heavy atom. The molecule has 26 heavy (non-hydrogen) atoms. The molecule has 0 saturated carbocycles. The van der Waals surface area contributed by atoms with Crippen molar-refractivity contribution in [2.24, 2.45) is 0 Å². The van der Waals surface area contributed by atoms with Crippen LogP contribution in [0.15, 0.2) is 48.5 Å². The Labute approximate surface area is 153 Å². The zero-order chi connectivity index (χ0) is 18.8. The topological polar surface area (TPSA) is 76.7 Å². The van der Waals surface area contributed by atoms with E-state index in [0.29, 0.717) is 42.3 Å². The molecule has 2 amide bonds. The Hall–Kier alpha value is -2.86. The Balaban J connectivity index is 2.08. The second-order valence-corrected chi connectivity index (χ2v) is 5.63. The van der Waals surface area contributed by atoms with E-state index in [-0.39, 0.29) is 11.8 Å². The molecule has 0 atom stereocenters. The predicted octanol–water partition coefficient (Wildman–Crippen LogP) is 3.10. The third kappa shape index (κ3) is 5.60. The van der Waals surface area contributed by atoms with Gasteiger partial charge in [-0.05, 0) is 36.8 Å². The van der Waals surface area contributed by atoms with Crippen LogP contribution in [-0.2, 0) is 4.74 Å². The summed E-state index contributed by atoms with van der Waals surface area (Å²) in [5.74, 6) is 0.0405. The maximum absolute atomic E-state index is 12.6. The molecule has 0 aromatic heterocycles. The van der Waals surface area contributed by atoms with Gasteiger partial charge in [-0.25, -0.2) is 0 Å². The molecule has 0 saturated heterocycles.